The molecule has 0 fully saturated rings. The third-order valence-electron chi connectivity index (χ3n) is 3.58. The Morgan fingerprint density at radius 1 is 1.33 bits per heavy atom. The van der Waals surface area contributed by atoms with Gasteiger partial charge in [-0.3, -0.25) is 14.9 Å². The average Bonchev–Trinajstić information content (AvgIpc) is 2.98. The van der Waals surface area contributed by atoms with Crippen LogP contribution in [0.1, 0.15) is 0 Å². The largest absolute Gasteiger partial charge is 0.312 e. The van der Waals surface area contributed by atoms with Gasteiger partial charge in [-0.2, -0.15) is 4.99 Å². The molecule has 6 nitrogen and oxygen atoms in total. The van der Waals surface area contributed by atoms with Gasteiger partial charge < -0.3 is 4.57 Å². The van der Waals surface area contributed by atoms with Crippen LogP contribution in [-0.2, 0) is 11.3 Å². The maximum absolute atomic E-state index is 12.9. The van der Waals surface area contributed by atoms with Crippen LogP contribution in [0.25, 0.3) is 10.2 Å². The zero-order valence-corrected chi connectivity index (χ0v) is 15.6. The fourth-order valence-electron chi connectivity index (χ4n) is 2.38. The Balaban J connectivity index is 1.90. The summed E-state index contributed by atoms with van der Waals surface area (Å²) in [7, 11) is 0. The topological polar surface area (TPSA) is 77.5 Å². The Bertz CT molecular complexity index is 1090. The van der Waals surface area contributed by atoms with Crippen molar-refractivity contribution in [2.45, 2.75) is 11.4 Å². The number of rotatable bonds is 6. The quantitative estimate of drug-likeness (QED) is 0.268. The molecule has 0 saturated carbocycles. The fraction of sp³-hybridized carbons (Fsp3) is 0.111. The molecule has 3 aromatic rings. The highest BCUT2D eigenvalue weighted by Crippen LogP contribution is 2.23. The number of thiazole rings is 1. The van der Waals surface area contributed by atoms with Gasteiger partial charge in [0, 0.05) is 23.6 Å². The molecule has 0 aliphatic carbocycles. The van der Waals surface area contributed by atoms with Crippen LogP contribution in [0, 0.1) is 15.9 Å². The van der Waals surface area contributed by atoms with Crippen molar-refractivity contribution in [2.24, 2.45) is 4.99 Å². The van der Waals surface area contributed by atoms with E-state index in [2.05, 4.69) is 11.6 Å². The number of amides is 1. The predicted octanol–water partition coefficient (Wildman–Crippen LogP) is 4.16. The summed E-state index contributed by atoms with van der Waals surface area (Å²) >= 11 is 2.55. The second kappa shape index (κ2) is 8.28. The molecular formula is C18H14FN3O3S2. The third-order valence-corrected chi connectivity index (χ3v) is 5.64. The van der Waals surface area contributed by atoms with E-state index in [1.165, 1.54) is 47.4 Å². The molecule has 27 heavy (non-hydrogen) atoms. The van der Waals surface area contributed by atoms with Crippen LogP contribution in [0.15, 0.2) is 65.0 Å². The highest BCUT2D eigenvalue weighted by molar-refractivity contribution is 8.00. The van der Waals surface area contributed by atoms with Crippen molar-refractivity contribution >= 4 is 44.9 Å². The van der Waals surface area contributed by atoms with Gasteiger partial charge >= 0.3 is 0 Å². The van der Waals surface area contributed by atoms with Crippen LogP contribution in [0.5, 0.6) is 0 Å². The number of halogens is 1. The number of benzene rings is 2. The minimum atomic E-state index is -0.462. The Kier molecular flexibility index (Phi) is 5.82. The number of nitro groups is 1. The van der Waals surface area contributed by atoms with Gasteiger partial charge in [0.25, 0.3) is 11.6 Å². The first-order valence-electron chi connectivity index (χ1n) is 7.82. The van der Waals surface area contributed by atoms with Gasteiger partial charge in [-0.1, -0.05) is 17.4 Å². The first-order valence-corrected chi connectivity index (χ1v) is 9.63. The standard InChI is InChI=1S/C18H14FN3O3S2/c1-2-9-21-15-10-13(22(24)25)5-8-16(15)27-18(21)20-17(23)11-26-14-6-3-12(19)4-7-14/h2-8,10H,1,9,11H2. The smallest absolute Gasteiger partial charge is 0.271 e. The molecule has 0 aliphatic rings. The van der Waals surface area contributed by atoms with Crippen molar-refractivity contribution in [3.63, 3.8) is 0 Å². The molecule has 1 aromatic heterocycles. The van der Waals surface area contributed by atoms with E-state index < -0.39 is 4.92 Å². The zero-order chi connectivity index (χ0) is 19.4. The fourth-order valence-corrected chi connectivity index (χ4v) is 4.10. The number of nitro benzene ring substituents is 1. The summed E-state index contributed by atoms with van der Waals surface area (Å²) in [5.74, 6) is -0.572. The number of hydrogen-bond acceptors (Lipinski definition) is 5. The van der Waals surface area contributed by atoms with Crippen molar-refractivity contribution in [1.82, 2.24) is 4.57 Å². The SMILES string of the molecule is C=CCn1c(=NC(=O)CSc2ccc(F)cc2)sc2ccc([N+](=O)[O-])cc21. The number of carbonyl (C=O) groups excluding carboxylic acids is 1. The molecule has 0 spiro atoms. The number of aromatic nitrogens is 1. The van der Waals surface area contributed by atoms with Crippen LogP contribution in [-0.4, -0.2) is 21.2 Å². The number of fused-ring (bicyclic) bond motifs is 1. The molecule has 0 atom stereocenters. The summed E-state index contributed by atoms with van der Waals surface area (Å²) in [6.45, 7) is 4.07. The van der Waals surface area contributed by atoms with E-state index in [1.807, 2.05) is 0 Å². The minimum Gasteiger partial charge on any atom is -0.312 e. The number of thioether (sulfide) groups is 1. The molecule has 0 N–H and O–H groups in total. The average molecular weight is 403 g/mol. The molecule has 2 aromatic carbocycles. The number of non-ortho nitro benzene ring substituents is 1. The first kappa shape index (κ1) is 19.0. The Morgan fingerprint density at radius 2 is 2.07 bits per heavy atom. The van der Waals surface area contributed by atoms with Crippen molar-refractivity contribution in [3.05, 3.63) is 75.9 Å². The lowest BCUT2D eigenvalue weighted by Crippen LogP contribution is -2.16. The summed E-state index contributed by atoms with van der Waals surface area (Å²) < 4.78 is 15.4. The van der Waals surface area contributed by atoms with Gasteiger partial charge in [-0.25, -0.2) is 4.39 Å². The van der Waals surface area contributed by atoms with E-state index in [1.54, 1.807) is 28.8 Å². The number of hydrogen-bond donors (Lipinski definition) is 0. The number of nitrogens with zero attached hydrogens (tertiary/aromatic N) is 3. The van der Waals surface area contributed by atoms with E-state index >= 15 is 0 Å². The van der Waals surface area contributed by atoms with Crippen LogP contribution in [0.3, 0.4) is 0 Å². The van der Waals surface area contributed by atoms with Crippen LogP contribution in [0.4, 0.5) is 10.1 Å². The van der Waals surface area contributed by atoms with E-state index in [4.69, 9.17) is 0 Å². The summed E-state index contributed by atoms with van der Waals surface area (Å²) in [5, 5.41) is 11.0. The summed E-state index contributed by atoms with van der Waals surface area (Å²) in [4.78, 5) is 28.2. The lowest BCUT2D eigenvalue weighted by atomic mass is 10.3. The molecule has 0 radical (unpaired) electrons. The second-order valence-electron chi connectivity index (χ2n) is 5.44. The number of allylic oxidation sites excluding steroid dienone is 1. The van der Waals surface area contributed by atoms with E-state index in [0.717, 1.165) is 9.60 Å². The molecule has 3 rings (SSSR count). The third kappa shape index (κ3) is 4.50. The van der Waals surface area contributed by atoms with Gasteiger partial charge in [0.1, 0.15) is 5.82 Å². The maximum atomic E-state index is 12.9. The molecule has 0 saturated heterocycles. The van der Waals surface area contributed by atoms with Crippen LogP contribution in [0.2, 0.25) is 0 Å². The van der Waals surface area contributed by atoms with Gasteiger partial charge in [0.05, 0.1) is 20.9 Å². The lowest BCUT2D eigenvalue weighted by molar-refractivity contribution is -0.384. The van der Waals surface area contributed by atoms with Gasteiger partial charge in [-0.05, 0) is 30.3 Å². The molecular weight excluding hydrogens is 389 g/mol. The van der Waals surface area contributed by atoms with Crippen molar-refractivity contribution in [3.8, 4) is 0 Å². The molecule has 0 aliphatic heterocycles. The molecule has 138 valence electrons. The molecule has 0 unspecified atom stereocenters. The van der Waals surface area contributed by atoms with Crippen LogP contribution < -0.4 is 4.80 Å². The van der Waals surface area contributed by atoms with Crippen molar-refractivity contribution < 1.29 is 14.1 Å². The lowest BCUT2D eigenvalue weighted by Gasteiger charge is -2.01. The van der Waals surface area contributed by atoms with E-state index in [-0.39, 0.29) is 23.2 Å². The summed E-state index contributed by atoms with van der Waals surface area (Å²) in [5.41, 5.74) is 0.606. The second-order valence-corrected chi connectivity index (χ2v) is 7.50. The highest BCUT2D eigenvalue weighted by atomic mass is 32.2. The normalized spacial score (nSPS) is 11.7. The monoisotopic (exact) mass is 403 g/mol. The Morgan fingerprint density at radius 3 is 2.74 bits per heavy atom. The number of carbonyl (C=O) groups is 1. The van der Waals surface area contributed by atoms with Gasteiger partial charge in [0.2, 0.25) is 0 Å². The van der Waals surface area contributed by atoms with Crippen molar-refractivity contribution in [1.29, 1.82) is 0 Å². The summed E-state index contributed by atoms with van der Waals surface area (Å²) in [6, 6.07) is 10.4. The zero-order valence-electron chi connectivity index (χ0n) is 14.0. The predicted molar refractivity (Wildman–Crippen MR) is 104 cm³/mol. The highest BCUT2D eigenvalue weighted by Gasteiger charge is 2.12. The minimum absolute atomic E-state index is 0.0251. The molecule has 1 amide bonds. The van der Waals surface area contributed by atoms with Gasteiger partial charge in [0.15, 0.2) is 4.80 Å². The first-order chi connectivity index (χ1) is 13.0. The van der Waals surface area contributed by atoms with E-state index in [9.17, 15) is 19.3 Å². The molecule has 0 bridgehead atoms. The maximum Gasteiger partial charge on any atom is 0.271 e. The van der Waals surface area contributed by atoms with Gasteiger partial charge in [-0.15, -0.1) is 18.3 Å². The Hall–Kier alpha value is -2.78. The van der Waals surface area contributed by atoms with E-state index in [0.29, 0.717) is 16.9 Å². The molecule has 1 heterocycles. The summed E-state index contributed by atoms with van der Waals surface area (Å²) in [6.07, 6.45) is 1.64. The van der Waals surface area contributed by atoms with Crippen molar-refractivity contribution in [2.75, 3.05) is 5.75 Å². The Labute approximate surface area is 161 Å². The molecule has 9 heteroatoms. The van der Waals surface area contributed by atoms with Crippen LogP contribution >= 0.6 is 23.1 Å².